The van der Waals surface area contributed by atoms with Crippen LogP contribution >= 0.6 is 19.7 Å². The van der Waals surface area contributed by atoms with E-state index < -0.39 is 8.38 Å². The number of anilines is 1. The molecule has 4 aromatic rings. The smallest absolute Gasteiger partial charge is 0.257 e. The fourth-order valence-electron chi connectivity index (χ4n) is 2.98. The van der Waals surface area contributed by atoms with Crippen LogP contribution in [0.15, 0.2) is 66.7 Å². The molecule has 0 spiro atoms. The van der Waals surface area contributed by atoms with Crippen molar-refractivity contribution >= 4 is 46.3 Å². The number of nitrogens with zero attached hydrogens (tertiary/aromatic N) is 1. The lowest BCUT2D eigenvalue weighted by atomic mass is 10.2. The minimum atomic E-state index is -2.16. The lowest BCUT2D eigenvalue weighted by molar-refractivity contribution is 0.102. The van der Waals surface area contributed by atoms with Crippen molar-refractivity contribution in [2.24, 2.45) is 0 Å². The maximum absolute atomic E-state index is 12.9. The number of para-hydroxylation sites is 1. The van der Waals surface area contributed by atoms with Crippen LogP contribution in [0.3, 0.4) is 0 Å². The van der Waals surface area contributed by atoms with Crippen LogP contribution in [0, 0.1) is 0 Å². The molecule has 9 heteroatoms. The molecule has 3 aromatic carbocycles. The third-order valence-electron chi connectivity index (χ3n) is 4.33. The predicted octanol–water partition coefficient (Wildman–Crippen LogP) is 5.05. The van der Waals surface area contributed by atoms with Gasteiger partial charge in [0.2, 0.25) is 0 Å². The highest BCUT2D eigenvalue weighted by molar-refractivity contribution is 7.54. The van der Waals surface area contributed by atoms with Gasteiger partial charge in [-0.15, -0.1) is 0 Å². The molecule has 1 amide bonds. The SMILES string of the molecule is CC(C)Oc1cc(Oc2ccc(P(O)O)cc2)cc(C(=O)Nc2nc3ccccc3s2)c1. The molecule has 3 N–H and O–H groups in total. The number of nitrogens with one attached hydrogen (secondary N) is 1. The molecule has 164 valence electrons. The van der Waals surface area contributed by atoms with Crippen LogP contribution in [0.5, 0.6) is 17.2 Å². The van der Waals surface area contributed by atoms with Gasteiger partial charge in [0, 0.05) is 16.9 Å². The van der Waals surface area contributed by atoms with Gasteiger partial charge in [-0.05, 0) is 62.4 Å². The third kappa shape index (κ3) is 5.41. The topological polar surface area (TPSA) is 101 Å². The summed E-state index contributed by atoms with van der Waals surface area (Å²) in [7, 11) is -2.16. The van der Waals surface area contributed by atoms with Crippen LogP contribution in [-0.2, 0) is 0 Å². The summed E-state index contributed by atoms with van der Waals surface area (Å²) in [6.07, 6.45) is -0.0851. The van der Waals surface area contributed by atoms with E-state index in [2.05, 4.69) is 10.3 Å². The molecule has 0 bridgehead atoms. The number of aromatic nitrogens is 1. The van der Waals surface area contributed by atoms with E-state index in [4.69, 9.17) is 9.47 Å². The molecule has 4 rings (SSSR count). The van der Waals surface area contributed by atoms with E-state index in [0.29, 0.717) is 33.2 Å². The Kier molecular flexibility index (Phi) is 6.67. The van der Waals surface area contributed by atoms with Gasteiger partial charge >= 0.3 is 0 Å². The molecule has 0 aliphatic heterocycles. The molecular weight excluding hydrogens is 447 g/mol. The highest BCUT2D eigenvalue weighted by Crippen LogP contribution is 2.31. The second-order valence-corrected chi connectivity index (χ2v) is 9.31. The number of ether oxygens (including phenoxy) is 2. The first-order chi connectivity index (χ1) is 15.4. The first kappa shape index (κ1) is 22.2. The van der Waals surface area contributed by atoms with Crippen LogP contribution in [0.25, 0.3) is 10.2 Å². The van der Waals surface area contributed by atoms with E-state index >= 15 is 0 Å². The van der Waals surface area contributed by atoms with Crippen LogP contribution < -0.4 is 20.1 Å². The van der Waals surface area contributed by atoms with Gasteiger partial charge in [0.05, 0.1) is 16.3 Å². The molecule has 32 heavy (non-hydrogen) atoms. The Hall–Kier alpha value is -3.03. The number of benzene rings is 3. The van der Waals surface area contributed by atoms with Crippen LogP contribution in [0.2, 0.25) is 0 Å². The quantitative estimate of drug-likeness (QED) is 0.328. The first-order valence-electron chi connectivity index (χ1n) is 9.82. The number of fused-ring (bicyclic) bond motifs is 1. The van der Waals surface area contributed by atoms with Crippen LogP contribution in [0.1, 0.15) is 24.2 Å². The van der Waals surface area contributed by atoms with Crippen molar-refractivity contribution in [1.82, 2.24) is 4.98 Å². The van der Waals surface area contributed by atoms with Gasteiger partial charge in [-0.3, -0.25) is 10.1 Å². The van der Waals surface area contributed by atoms with E-state index in [1.54, 1.807) is 42.5 Å². The molecule has 7 nitrogen and oxygen atoms in total. The molecule has 0 atom stereocenters. The van der Waals surface area contributed by atoms with E-state index in [0.717, 1.165) is 10.2 Å². The standard InChI is InChI=1S/C23H21N2O5PS/c1-14(2)29-17-11-15(22(26)25-23-24-20-5-3-4-6-21(20)32-23)12-18(13-17)30-16-7-9-19(10-8-16)31(27)28/h3-14,27-28H,1-2H3,(H,24,25,26). The normalized spacial score (nSPS) is 11.2. The summed E-state index contributed by atoms with van der Waals surface area (Å²) in [5.74, 6) is 1.08. The predicted molar refractivity (Wildman–Crippen MR) is 127 cm³/mol. The maximum atomic E-state index is 12.9. The Morgan fingerprint density at radius 1 is 1.00 bits per heavy atom. The minimum absolute atomic E-state index is 0.0851. The highest BCUT2D eigenvalue weighted by Gasteiger charge is 2.14. The summed E-state index contributed by atoms with van der Waals surface area (Å²) >= 11 is 1.40. The van der Waals surface area contributed by atoms with Crippen LogP contribution in [0.4, 0.5) is 5.13 Å². The van der Waals surface area contributed by atoms with Gasteiger partial charge < -0.3 is 19.3 Å². The monoisotopic (exact) mass is 468 g/mol. The fourth-order valence-corrected chi connectivity index (χ4v) is 4.26. The van der Waals surface area contributed by atoms with Crippen molar-refractivity contribution in [1.29, 1.82) is 0 Å². The number of amides is 1. The van der Waals surface area contributed by atoms with Gasteiger partial charge in [-0.1, -0.05) is 23.5 Å². The summed E-state index contributed by atoms with van der Waals surface area (Å²) in [5.41, 5.74) is 1.19. The average molecular weight is 468 g/mol. The Morgan fingerprint density at radius 2 is 1.72 bits per heavy atom. The fraction of sp³-hybridized carbons (Fsp3) is 0.130. The Labute approximate surface area is 190 Å². The molecule has 1 heterocycles. The zero-order valence-electron chi connectivity index (χ0n) is 17.4. The zero-order chi connectivity index (χ0) is 22.7. The number of thiazole rings is 1. The zero-order valence-corrected chi connectivity index (χ0v) is 19.1. The summed E-state index contributed by atoms with van der Waals surface area (Å²) < 4.78 is 12.7. The lowest BCUT2D eigenvalue weighted by Crippen LogP contribution is -2.13. The van der Waals surface area contributed by atoms with Gasteiger partial charge in [0.1, 0.15) is 17.2 Å². The molecule has 0 saturated carbocycles. The second kappa shape index (κ2) is 9.63. The molecule has 0 radical (unpaired) electrons. The molecule has 0 fully saturated rings. The maximum Gasteiger partial charge on any atom is 0.257 e. The number of carbonyl (C=O) groups is 1. The second-order valence-electron chi connectivity index (χ2n) is 7.19. The first-order valence-corrected chi connectivity index (χ1v) is 11.9. The Morgan fingerprint density at radius 3 is 2.41 bits per heavy atom. The highest BCUT2D eigenvalue weighted by atomic mass is 32.1. The summed E-state index contributed by atoms with van der Waals surface area (Å²) in [5, 5.41) is 3.77. The van der Waals surface area contributed by atoms with Crippen molar-refractivity contribution in [2.75, 3.05) is 5.32 Å². The third-order valence-corrected chi connectivity index (χ3v) is 6.04. The van der Waals surface area contributed by atoms with E-state index in [9.17, 15) is 14.6 Å². The van der Waals surface area contributed by atoms with Crippen molar-refractivity contribution in [3.63, 3.8) is 0 Å². The summed E-state index contributed by atoms with van der Waals surface area (Å²) in [6.45, 7) is 3.80. The van der Waals surface area contributed by atoms with Crippen molar-refractivity contribution in [3.05, 3.63) is 72.3 Å². The molecule has 0 saturated heterocycles. The molecular formula is C23H21N2O5PS. The molecule has 0 aliphatic carbocycles. The average Bonchev–Trinajstić information content (AvgIpc) is 3.15. The van der Waals surface area contributed by atoms with Crippen LogP contribution in [-0.4, -0.2) is 26.8 Å². The number of hydrogen-bond acceptors (Lipinski definition) is 7. The van der Waals surface area contributed by atoms with Gasteiger partial charge in [0.25, 0.3) is 5.91 Å². The Bertz CT molecular complexity index is 1210. The van der Waals surface area contributed by atoms with Crippen molar-refractivity contribution in [3.8, 4) is 17.2 Å². The number of carbonyl (C=O) groups excluding carboxylic acids is 1. The number of rotatable bonds is 7. The number of hydrogen-bond donors (Lipinski definition) is 3. The summed E-state index contributed by atoms with van der Waals surface area (Å²) in [6, 6.07) is 19.1. The largest absolute Gasteiger partial charge is 0.491 e. The van der Waals surface area contributed by atoms with E-state index in [-0.39, 0.29) is 12.0 Å². The molecule has 1 aromatic heterocycles. The van der Waals surface area contributed by atoms with Gasteiger partial charge in [-0.2, -0.15) is 0 Å². The molecule has 0 aliphatic rings. The van der Waals surface area contributed by atoms with Crippen molar-refractivity contribution < 1.29 is 24.1 Å². The van der Waals surface area contributed by atoms with Gasteiger partial charge in [0.15, 0.2) is 13.5 Å². The molecule has 0 unspecified atom stereocenters. The van der Waals surface area contributed by atoms with E-state index in [1.165, 1.54) is 11.3 Å². The van der Waals surface area contributed by atoms with Gasteiger partial charge in [-0.25, -0.2) is 4.98 Å². The lowest BCUT2D eigenvalue weighted by Gasteiger charge is -2.14. The minimum Gasteiger partial charge on any atom is -0.491 e. The van der Waals surface area contributed by atoms with Crippen molar-refractivity contribution in [2.45, 2.75) is 20.0 Å². The van der Waals surface area contributed by atoms with E-state index in [1.807, 2.05) is 38.1 Å². The Balaban J connectivity index is 1.59. The summed E-state index contributed by atoms with van der Waals surface area (Å²) in [4.78, 5) is 36.0.